The average Bonchev–Trinajstić information content (AvgIpc) is 3.20. The quantitative estimate of drug-likeness (QED) is 0.907. The molecule has 1 aliphatic heterocycles. The lowest BCUT2D eigenvalue weighted by molar-refractivity contribution is 0.0794. The van der Waals surface area contributed by atoms with Gasteiger partial charge in [0, 0.05) is 24.8 Å². The number of likely N-dealkylation sites (tertiary alicyclic amines) is 1. The minimum Gasteiger partial charge on any atom is -0.336 e. The highest BCUT2D eigenvalue weighted by molar-refractivity contribution is 7.12. The molecule has 1 aliphatic rings. The van der Waals surface area contributed by atoms with Crippen LogP contribution in [0.4, 0.5) is 14.9 Å². The predicted octanol–water partition coefficient (Wildman–Crippen LogP) is 2.92. The summed E-state index contributed by atoms with van der Waals surface area (Å²) in [7, 11) is 0. The highest BCUT2D eigenvalue weighted by Crippen LogP contribution is 2.17. The van der Waals surface area contributed by atoms with Crippen molar-refractivity contribution in [2.45, 2.75) is 12.5 Å². The lowest BCUT2D eigenvalue weighted by Crippen LogP contribution is -2.40. The Morgan fingerprint density at radius 3 is 2.70 bits per heavy atom. The van der Waals surface area contributed by atoms with E-state index in [2.05, 4.69) is 10.6 Å². The molecule has 3 rings (SSSR count). The van der Waals surface area contributed by atoms with Gasteiger partial charge in [0.25, 0.3) is 5.91 Å². The highest BCUT2D eigenvalue weighted by atomic mass is 32.1. The van der Waals surface area contributed by atoms with Crippen molar-refractivity contribution < 1.29 is 14.0 Å². The van der Waals surface area contributed by atoms with E-state index in [9.17, 15) is 14.0 Å². The Hall–Kier alpha value is -2.41. The number of rotatable bonds is 3. The number of hydrogen-bond acceptors (Lipinski definition) is 3. The Morgan fingerprint density at radius 2 is 2.00 bits per heavy atom. The molecule has 5 nitrogen and oxygen atoms in total. The molecule has 2 heterocycles. The number of thiophene rings is 1. The fraction of sp³-hybridized carbons (Fsp3) is 0.250. The van der Waals surface area contributed by atoms with Crippen LogP contribution in [0.1, 0.15) is 16.1 Å². The van der Waals surface area contributed by atoms with Gasteiger partial charge in [0.15, 0.2) is 0 Å². The Balaban J connectivity index is 1.50. The number of carbonyl (C=O) groups is 2. The van der Waals surface area contributed by atoms with Gasteiger partial charge < -0.3 is 15.5 Å². The van der Waals surface area contributed by atoms with Gasteiger partial charge in [-0.05, 0) is 42.1 Å². The number of urea groups is 1. The Labute approximate surface area is 137 Å². The first-order valence-electron chi connectivity index (χ1n) is 7.27. The molecule has 1 aromatic carbocycles. The maximum atomic E-state index is 12.8. The zero-order valence-corrected chi connectivity index (χ0v) is 13.1. The zero-order chi connectivity index (χ0) is 16.2. The Kier molecular flexibility index (Phi) is 4.57. The number of halogens is 1. The summed E-state index contributed by atoms with van der Waals surface area (Å²) < 4.78 is 12.8. The second-order valence-electron chi connectivity index (χ2n) is 5.32. The van der Waals surface area contributed by atoms with E-state index < -0.39 is 0 Å². The van der Waals surface area contributed by atoms with Crippen molar-refractivity contribution in [2.24, 2.45) is 0 Å². The molecular weight excluding hydrogens is 317 g/mol. The molecule has 1 aromatic heterocycles. The largest absolute Gasteiger partial charge is 0.336 e. The summed E-state index contributed by atoms with van der Waals surface area (Å²) in [5, 5.41) is 7.36. The van der Waals surface area contributed by atoms with Crippen molar-refractivity contribution in [1.82, 2.24) is 10.2 Å². The van der Waals surface area contributed by atoms with Gasteiger partial charge >= 0.3 is 6.03 Å². The predicted molar refractivity (Wildman–Crippen MR) is 87.2 cm³/mol. The second kappa shape index (κ2) is 6.78. The summed E-state index contributed by atoms with van der Waals surface area (Å²) in [6.07, 6.45) is 0.716. The summed E-state index contributed by atoms with van der Waals surface area (Å²) in [5.74, 6) is -0.349. The minimum atomic E-state index is -0.355. The van der Waals surface area contributed by atoms with E-state index in [1.807, 2.05) is 11.4 Å². The van der Waals surface area contributed by atoms with Crippen molar-refractivity contribution in [2.75, 3.05) is 18.4 Å². The van der Waals surface area contributed by atoms with E-state index >= 15 is 0 Å². The van der Waals surface area contributed by atoms with Crippen molar-refractivity contribution in [3.8, 4) is 0 Å². The van der Waals surface area contributed by atoms with Crippen molar-refractivity contribution in [3.63, 3.8) is 0 Å². The number of anilines is 1. The summed E-state index contributed by atoms with van der Waals surface area (Å²) >= 11 is 1.41. The van der Waals surface area contributed by atoms with E-state index in [0.717, 1.165) is 0 Å². The van der Waals surface area contributed by atoms with Crippen LogP contribution in [0.15, 0.2) is 41.8 Å². The van der Waals surface area contributed by atoms with Crippen LogP contribution in [0.25, 0.3) is 0 Å². The molecule has 7 heteroatoms. The Morgan fingerprint density at radius 1 is 1.22 bits per heavy atom. The SMILES string of the molecule is O=C(Nc1ccc(F)cc1)N[C@@H]1CCN(C(=O)c2cccs2)C1. The number of nitrogens with one attached hydrogen (secondary N) is 2. The van der Waals surface area contributed by atoms with Crippen LogP contribution in [-0.2, 0) is 0 Å². The van der Waals surface area contributed by atoms with E-state index in [1.54, 1.807) is 11.0 Å². The van der Waals surface area contributed by atoms with Crippen LogP contribution in [-0.4, -0.2) is 36.0 Å². The molecule has 120 valence electrons. The maximum absolute atomic E-state index is 12.8. The fourth-order valence-corrected chi connectivity index (χ4v) is 3.20. The number of nitrogens with zero attached hydrogens (tertiary/aromatic N) is 1. The van der Waals surface area contributed by atoms with Crippen LogP contribution in [0.5, 0.6) is 0 Å². The topological polar surface area (TPSA) is 61.4 Å². The first-order chi connectivity index (χ1) is 11.1. The molecule has 0 bridgehead atoms. The van der Waals surface area contributed by atoms with E-state index in [4.69, 9.17) is 0 Å². The monoisotopic (exact) mass is 333 g/mol. The average molecular weight is 333 g/mol. The van der Waals surface area contributed by atoms with Crippen molar-refractivity contribution in [3.05, 3.63) is 52.5 Å². The molecule has 1 fully saturated rings. The van der Waals surface area contributed by atoms with Crippen LogP contribution >= 0.6 is 11.3 Å². The van der Waals surface area contributed by atoms with Gasteiger partial charge in [-0.2, -0.15) is 0 Å². The van der Waals surface area contributed by atoms with Gasteiger partial charge in [-0.1, -0.05) is 6.07 Å². The van der Waals surface area contributed by atoms with Gasteiger partial charge in [0.05, 0.1) is 4.88 Å². The standard InChI is InChI=1S/C16H16FN3O2S/c17-11-3-5-12(6-4-11)18-16(22)19-13-7-8-20(10-13)15(21)14-2-1-9-23-14/h1-6,9,13H,7-8,10H2,(H2,18,19,22)/t13-/m1/s1. The molecule has 0 unspecified atom stereocenters. The third-order valence-electron chi connectivity index (χ3n) is 3.64. The maximum Gasteiger partial charge on any atom is 0.319 e. The third kappa shape index (κ3) is 3.87. The summed E-state index contributed by atoms with van der Waals surface area (Å²) in [6, 6.07) is 8.77. The van der Waals surface area contributed by atoms with E-state index in [0.29, 0.717) is 30.1 Å². The molecule has 1 saturated heterocycles. The number of benzene rings is 1. The van der Waals surface area contributed by atoms with Crippen molar-refractivity contribution >= 4 is 29.0 Å². The van der Waals surface area contributed by atoms with Gasteiger partial charge in [0.1, 0.15) is 5.82 Å². The van der Waals surface area contributed by atoms with Crippen LogP contribution in [0, 0.1) is 5.82 Å². The van der Waals surface area contributed by atoms with Gasteiger partial charge in [-0.15, -0.1) is 11.3 Å². The molecule has 3 amide bonds. The van der Waals surface area contributed by atoms with Crippen molar-refractivity contribution in [1.29, 1.82) is 0 Å². The zero-order valence-electron chi connectivity index (χ0n) is 12.3. The molecule has 0 radical (unpaired) electrons. The van der Waals surface area contributed by atoms with E-state index in [1.165, 1.54) is 35.6 Å². The highest BCUT2D eigenvalue weighted by Gasteiger charge is 2.28. The second-order valence-corrected chi connectivity index (χ2v) is 6.27. The normalized spacial score (nSPS) is 17.1. The van der Waals surface area contributed by atoms with Gasteiger partial charge in [-0.3, -0.25) is 4.79 Å². The molecule has 0 saturated carbocycles. The first kappa shape index (κ1) is 15.5. The molecule has 2 N–H and O–H groups in total. The molecule has 2 aromatic rings. The van der Waals surface area contributed by atoms with Crippen LogP contribution in [0.3, 0.4) is 0 Å². The molecule has 0 aliphatic carbocycles. The third-order valence-corrected chi connectivity index (χ3v) is 4.50. The molecular formula is C16H16FN3O2S. The summed E-state index contributed by atoms with van der Waals surface area (Å²) in [4.78, 5) is 26.6. The summed E-state index contributed by atoms with van der Waals surface area (Å²) in [5.41, 5.74) is 0.522. The number of carbonyl (C=O) groups excluding carboxylic acids is 2. The summed E-state index contributed by atoms with van der Waals surface area (Å²) in [6.45, 7) is 1.12. The molecule has 1 atom stereocenters. The minimum absolute atomic E-state index is 0.00300. The molecule has 0 spiro atoms. The lowest BCUT2D eigenvalue weighted by atomic mass is 10.3. The lowest BCUT2D eigenvalue weighted by Gasteiger charge is -2.16. The number of amides is 3. The first-order valence-corrected chi connectivity index (χ1v) is 8.15. The fourth-order valence-electron chi connectivity index (χ4n) is 2.50. The van der Waals surface area contributed by atoms with Crippen LogP contribution < -0.4 is 10.6 Å². The van der Waals surface area contributed by atoms with E-state index in [-0.39, 0.29) is 23.8 Å². The Bertz CT molecular complexity index is 688. The molecule has 23 heavy (non-hydrogen) atoms. The number of hydrogen-bond donors (Lipinski definition) is 2. The van der Waals surface area contributed by atoms with Gasteiger partial charge in [0.2, 0.25) is 0 Å². The van der Waals surface area contributed by atoms with Gasteiger partial charge in [-0.25, -0.2) is 9.18 Å². The van der Waals surface area contributed by atoms with Crippen LogP contribution in [0.2, 0.25) is 0 Å². The smallest absolute Gasteiger partial charge is 0.319 e.